The summed E-state index contributed by atoms with van der Waals surface area (Å²) in [5, 5.41) is 10.2. The van der Waals surface area contributed by atoms with Gasteiger partial charge in [-0.25, -0.2) is 0 Å². The molecule has 0 saturated heterocycles. The number of rotatable bonds is 4. The minimum absolute atomic E-state index is 0. The first-order valence-corrected chi connectivity index (χ1v) is 10.1. The van der Waals surface area contributed by atoms with Crippen LogP contribution in [0.2, 0.25) is 19.6 Å². The first-order valence-electron chi connectivity index (χ1n) is 6.73. The number of nitrogens with two attached hydrogens (primary N) is 1. The number of halogens is 1. The number of hydrogen-bond donors (Lipinski definition) is 2. The molecule has 0 fully saturated rings. The number of benzene rings is 1. The molecule has 5 heteroatoms. The van der Waals surface area contributed by atoms with Crippen LogP contribution in [0.4, 0.5) is 0 Å². The van der Waals surface area contributed by atoms with E-state index in [9.17, 15) is 5.11 Å². The molecular formula is C15H28ClNO2Si. The molecule has 3 nitrogen and oxygen atoms in total. The molecule has 0 spiro atoms. The van der Waals surface area contributed by atoms with Crippen molar-refractivity contribution in [1.29, 1.82) is 0 Å². The van der Waals surface area contributed by atoms with Crippen LogP contribution >= 0.6 is 12.4 Å². The quantitative estimate of drug-likeness (QED) is 0.832. The van der Waals surface area contributed by atoms with Gasteiger partial charge in [0.05, 0.1) is 12.1 Å². The largest absolute Gasteiger partial charge is 0.544 e. The molecule has 0 aliphatic carbocycles. The minimum Gasteiger partial charge on any atom is -0.544 e. The normalized spacial score (nSPS) is 15.2. The van der Waals surface area contributed by atoms with E-state index in [1.54, 1.807) is 0 Å². The summed E-state index contributed by atoms with van der Waals surface area (Å²) in [5.41, 5.74) is 6.83. The Morgan fingerprint density at radius 3 is 1.90 bits per heavy atom. The summed E-state index contributed by atoms with van der Waals surface area (Å²) >= 11 is 0. The molecule has 20 heavy (non-hydrogen) atoms. The van der Waals surface area contributed by atoms with E-state index in [0.29, 0.717) is 0 Å². The topological polar surface area (TPSA) is 55.5 Å². The van der Waals surface area contributed by atoms with Crippen LogP contribution in [0.25, 0.3) is 0 Å². The standard InChI is InChI=1S/C15H27NO2Si.ClH/c1-15(2,3)14(17)13(16)11-7-9-12(10-8-11)18-19(4,5)6;/h7-10,13-14,17H,16H2,1-6H3;1H/t13-,14-;/m0./s1. The Hall–Kier alpha value is -0.553. The van der Waals surface area contributed by atoms with Crippen LogP contribution in [-0.4, -0.2) is 19.5 Å². The summed E-state index contributed by atoms with van der Waals surface area (Å²) in [4.78, 5) is 0. The SMILES string of the molecule is CC(C)(C)[C@@H](O)[C@@H](N)c1ccc(O[Si](C)(C)C)cc1.Cl. The maximum Gasteiger partial charge on any atom is 0.242 e. The fraction of sp³-hybridized carbons (Fsp3) is 0.600. The Bertz CT molecular complexity index is 409. The molecule has 0 aromatic heterocycles. The molecule has 0 amide bonds. The van der Waals surface area contributed by atoms with Gasteiger partial charge in [-0.3, -0.25) is 0 Å². The van der Waals surface area contributed by atoms with Crippen LogP contribution < -0.4 is 10.2 Å². The van der Waals surface area contributed by atoms with E-state index in [2.05, 4.69) is 19.6 Å². The highest BCUT2D eigenvalue weighted by molar-refractivity contribution is 6.70. The monoisotopic (exact) mass is 317 g/mol. The Kier molecular flexibility index (Phi) is 6.75. The van der Waals surface area contributed by atoms with Crippen molar-refractivity contribution in [2.75, 3.05) is 0 Å². The van der Waals surface area contributed by atoms with E-state index in [-0.39, 0.29) is 23.9 Å². The minimum atomic E-state index is -1.57. The van der Waals surface area contributed by atoms with Gasteiger partial charge in [-0.2, -0.15) is 0 Å². The predicted molar refractivity (Wildman–Crippen MR) is 90.1 cm³/mol. The summed E-state index contributed by atoms with van der Waals surface area (Å²) in [6.45, 7) is 12.4. The Balaban J connectivity index is 0.00000361. The molecule has 0 saturated carbocycles. The fourth-order valence-corrected chi connectivity index (χ4v) is 2.68. The molecule has 0 aliphatic rings. The lowest BCUT2D eigenvalue weighted by molar-refractivity contribution is 0.0401. The van der Waals surface area contributed by atoms with Gasteiger partial charge in [0.1, 0.15) is 5.75 Å². The summed E-state index contributed by atoms with van der Waals surface area (Å²) in [7, 11) is -1.57. The molecule has 0 unspecified atom stereocenters. The van der Waals surface area contributed by atoms with E-state index in [4.69, 9.17) is 10.2 Å². The van der Waals surface area contributed by atoms with E-state index in [0.717, 1.165) is 11.3 Å². The zero-order chi connectivity index (χ0) is 14.8. The summed E-state index contributed by atoms with van der Waals surface area (Å²) < 4.78 is 5.90. The first kappa shape index (κ1) is 19.4. The van der Waals surface area contributed by atoms with Crippen LogP contribution in [0.5, 0.6) is 5.75 Å². The number of hydrogen-bond acceptors (Lipinski definition) is 3. The van der Waals surface area contributed by atoms with Crippen molar-refractivity contribution in [3.05, 3.63) is 29.8 Å². The molecule has 116 valence electrons. The molecule has 2 atom stereocenters. The van der Waals surface area contributed by atoms with Crippen molar-refractivity contribution in [3.63, 3.8) is 0 Å². The van der Waals surface area contributed by atoms with Crippen molar-refractivity contribution >= 4 is 20.7 Å². The highest BCUT2D eigenvalue weighted by atomic mass is 35.5. The third kappa shape index (κ3) is 5.83. The van der Waals surface area contributed by atoms with Crippen molar-refractivity contribution in [1.82, 2.24) is 0 Å². The van der Waals surface area contributed by atoms with E-state index in [1.165, 1.54) is 0 Å². The number of aliphatic hydroxyl groups excluding tert-OH is 1. The lowest BCUT2D eigenvalue weighted by atomic mass is 9.82. The second-order valence-electron chi connectivity index (χ2n) is 7.12. The Labute approximate surface area is 130 Å². The molecule has 0 heterocycles. The second-order valence-corrected chi connectivity index (χ2v) is 11.5. The molecule has 1 rings (SSSR count). The van der Waals surface area contributed by atoms with Crippen LogP contribution in [0, 0.1) is 5.41 Å². The maximum atomic E-state index is 10.2. The Morgan fingerprint density at radius 1 is 1.10 bits per heavy atom. The van der Waals surface area contributed by atoms with Crippen LogP contribution in [0.3, 0.4) is 0 Å². The average Bonchev–Trinajstić information content (AvgIpc) is 2.24. The molecule has 0 aliphatic heterocycles. The van der Waals surface area contributed by atoms with Gasteiger partial charge in [-0.1, -0.05) is 32.9 Å². The Morgan fingerprint density at radius 2 is 1.55 bits per heavy atom. The average molecular weight is 318 g/mol. The smallest absolute Gasteiger partial charge is 0.242 e. The highest BCUT2D eigenvalue weighted by Gasteiger charge is 2.29. The molecule has 0 bridgehead atoms. The number of aliphatic hydroxyl groups is 1. The predicted octanol–water partition coefficient (Wildman–Crippen LogP) is 3.73. The van der Waals surface area contributed by atoms with Gasteiger partial charge < -0.3 is 15.3 Å². The van der Waals surface area contributed by atoms with E-state index >= 15 is 0 Å². The third-order valence-electron chi connectivity index (χ3n) is 2.92. The lowest BCUT2D eigenvalue weighted by Crippen LogP contribution is -2.37. The van der Waals surface area contributed by atoms with Crippen molar-refractivity contribution in [3.8, 4) is 5.75 Å². The molecule has 1 aromatic rings. The molecule has 1 aromatic carbocycles. The van der Waals surface area contributed by atoms with Crippen LogP contribution in [0.1, 0.15) is 32.4 Å². The molecule has 0 radical (unpaired) electrons. The van der Waals surface area contributed by atoms with E-state index < -0.39 is 14.4 Å². The highest BCUT2D eigenvalue weighted by Crippen LogP contribution is 2.29. The fourth-order valence-electron chi connectivity index (χ4n) is 1.83. The lowest BCUT2D eigenvalue weighted by Gasteiger charge is -2.31. The maximum absolute atomic E-state index is 10.2. The van der Waals surface area contributed by atoms with Crippen LogP contribution in [-0.2, 0) is 0 Å². The second kappa shape index (κ2) is 6.94. The van der Waals surface area contributed by atoms with Gasteiger partial charge in [0.2, 0.25) is 8.32 Å². The zero-order valence-electron chi connectivity index (χ0n) is 13.3. The van der Waals surface area contributed by atoms with Crippen LogP contribution in [0.15, 0.2) is 24.3 Å². The first-order chi connectivity index (χ1) is 8.50. The summed E-state index contributed by atoms with van der Waals surface area (Å²) in [6.07, 6.45) is -0.573. The van der Waals surface area contributed by atoms with Crippen molar-refractivity contribution < 1.29 is 9.53 Å². The van der Waals surface area contributed by atoms with Crippen molar-refractivity contribution in [2.24, 2.45) is 11.1 Å². The van der Waals surface area contributed by atoms with Gasteiger partial charge in [0.15, 0.2) is 0 Å². The molecule has 3 N–H and O–H groups in total. The molecular weight excluding hydrogens is 290 g/mol. The van der Waals surface area contributed by atoms with Gasteiger partial charge in [-0.15, -0.1) is 12.4 Å². The van der Waals surface area contributed by atoms with Gasteiger partial charge in [-0.05, 0) is 42.8 Å². The summed E-state index contributed by atoms with van der Waals surface area (Å²) in [5.74, 6) is 0.875. The van der Waals surface area contributed by atoms with E-state index in [1.807, 2.05) is 45.0 Å². The van der Waals surface area contributed by atoms with Gasteiger partial charge >= 0.3 is 0 Å². The summed E-state index contributed by atoms with van der Waals surface area (Å²) in [6, 6.07) is 7.37. The van der Waals surface area contributed by atoms with Crippen molar-refractivity contribution in [2.45, 2.75) is 52.6 Å². The third-order valence-corrected chi connectivity index (χ3v) is 3.76. The van der Waals surface area contributed by atoms with Gasteiger partial charge in [0.25, 0.3) is 0 Å². The van der Waals surface area contributed by atoms with Gasteiger partial charge in [0, 0.05) is 0 Å². The zero-order valence-corrected chi connectivity index (χ0v) is 15.1.